The van der Waals surface area contributed by atoms with Gasteiger partial charge in [0.05, 0.1) is 5.52 Å². The molecule has 1 N–H and O–H groups in total. The van der Waals surface area contributed by atoms with Crippen molar-refractivity contribution in [2.75, 3.05) is 11.9 Å². The first kappa shape index (κ1) is 10.9. The fraction of sp³-hybridized carbons (Fsp3) is 0.357. The SMILES string of the molecule is CCCNc1nc2ccc(C)cc2cc1C. The monoisotopic (exact) mass is 214 g/mol. The third-order valence-corrected chi connectivity index (χ3v) is 2.70. The number of rotatable bonds is 3. The molecular weight excluding hydrogens is 196 g/mol. The number of aryl methyl sites for hydroxylation is 2. The van der Waals surface area contributed by atoms with Crippen LogP contribution in [0.1, 0.15) is 24.5 Å². The lowest BCUT2D eigenvalue weighted by Crippen LogP contribution is -2.03. The van der Waals surface area contributed by atoms with Gasteiger partial charge in [0.1, 0.15) is 5.82 Å². The van der Waals surface area contributed by atoms with Gasteiger partial charge >= 0.3 is 0 Å². The molecule has 2 rings (SSSR count). The summed E-state index contributed by atoms with van der Waals surface area (Å²) in [7, 11) is 0. The summed E-state index contributed by atoms with van der Waals surface area (Å²) in [4.78, 5) is 4.64. The third-order valence-electron chi connectivity index (χ3n) is 2.70. The van der Waals surface area contributed by atoms with E-state index in [2.05, 4.69) is 55.3 Å². The predicted molar refractivity (Wildman–Crippen MR) is 70.0 cm³/mol. The Hall–Kier alpha value is -1.57. The van der Waals surface area contributed by atoms with E-state index in [0.29, 0.717) is 0 Å². The molecule has 0 spiro atoms. The standard InChI is InChI=1S/C14H18N2/c1-4-7-15-14-11(3)9-12-8-10(2)5-6-13(12)16-14/h5-6,8-9H,4,7H2,1-3H3,(H,15,16). The van der Waals surface area contributed by atoms with Crippen LogP contribution in [-0.4, -0.2) is 11.5 Å². The molecule has 0 bridgehead atoms. The molecule has 0 aliphatic heterocycles. The molecule has 0 amide bonds. The van der Waals surface area contributed by atoms with E-state index in [1.165, 1.54) is 16.5 Å². The summed E-state index contributed by atoms with van der Waals surface area (Å²) >= 11 is 0. The molecule has 0 aliphatic carbocycles. The second kappa shape index (κ2) is 4.52. The van der Waals surface area contributed by atoms with Gasteiger partial charge in [-0.05, 0) is 44.0 Å². The highest BCUT2D eigenvalue weighted by Crippen LogP contribution is 2.20. The van der Waals surface area contributed by atoms with Crippen molar-refractivity contribution in [3.63, 3.8) is 0 Å². The first-order valence-electron chi connectivity index (χ1n) is 5.82. The lowest BCUT2D eigenvalue weighted by atomic mass is 10.1. The van der Waals surface area contributed by atoms with Crippen LogP contribution in [0.5, 0.6) is 0 Å². The zero-order valence-corrected chi connectivity index (χ0v) is 10.2. The first-order chi connectivity index (χ1) is 7.70. The van der Waals surface area contributed by atoms with Crippen LogP contribution >= 0.6 is 0 Å². The normalized spacial score (nSPS) is 10.7. The van der Waals surface area contributed by atoms with Gasteiger partial charge in [-0.2, -0.15) is 0 Å². The Kier molecular flexibility index (Phi) is 3.09. The van der Waals surface area contributed by atoms with Crippen molar-refractivity contribution in [3.05, 3.63) is 35.4 Å². The number of fused-ring (bicyclic) bond motifs is 1. The largest absolute Gasteiger partial charge is 0.370 e. The summed E-state index contributed by atoms with van der Waals surface area (Å²) in [6, 6.07) is 8.57. The summed E-state index contributed by atoms with van der Waals surface area (Å²) < 4.78 is 0. The number of nitrogens with one attached hydrogen (secondary N) is 1. The Balaban J connectivity index is 2.45. The van der Waals surface area contributed by atoms with E-state index in [4.69, 9.17) is 0 Å². The Morgan fingerprint density at radius 2 is 2.00 bits per heavy atom. The second-order valence-corrected chi connectivity index (χ2v) is 4.28. The highest BCUT2D eigenvalue weighted by Gasteiger charge is 2.02. The number of benzene rings is 1. The predicted octanol–water partition coefficient (Wildman–Crippen LogP) is 3.67. The van der Waals surface area contributed by atoms with Gasteiger partial charge in [-0.25, -0.2) is 4.98 Å². The van der Waals surface area contributed by atoms with Gasteiger partial charge in [-0.15, -0.1) is 0 Å². The van der Waals surface area contributed by atoms with Crippen molar-refractivity contribution in [1.82, 2.24) is 4.98 Å². The van der Waals surface area contributed by atoms with E-state index in [1.807, 2.05) is 0 Å². The number of hydrogen-bond donors (Lipinski definition) is 1. The molecule has 1 aromatic heterocycles. The molecule has 2 nitrogen and oxygen atoms in total. The van der Waals surface area contributed by atoms with Crippen LogP contribution < -0.4 is 5.32 Å². The molecule has 2 heteroatoms. The molecule has 16 heavy (non-hydrogen) atoms. The molecule has 0 fully saturated rings. The molecule has 1 heterocycles. The average Bonchev–Trinajstić information content (AvgIpc) is 2.26. The molecule has 2 aromatic rings. The summed E-state index contributed by atoms with van der Waals surface area (Å²) in [5.74, 6) is 1.01. The van der Waals surface area contributed by atoms with Crippen molar-refractivity contribution in [1.29, 1.82) is 0 Å². The number of pyridine rings is 1. The van der Waals surface area contributed by atoms with Crippen molar-refractivity contribution < 1.29 is 0 Å². The molecule has 0 saturated carbocycles. The first-order valence-corrected chi connectivity index (χ1v) is 5.82. The smallest absolute Gasteiger partial charge is 0.129 e. The van der Waals surface area contributed by atoms with Crippen LogP contribution in [-0.2, 0) is 0 Å². The van der Waals surface area contributed by atoms with E-state index in [-0.39, 0.29) is 0 Å². The molecule has 0 saturated heterocycles. The highest BCUT2D eigenvalue weighted by atomic mass is 15.0. The molecule has 0 atom stereocenters. The topological polar surface area (TPSA) is 24.9 Å². The van der Waals surface area contributed by atoms with Crippen molar-refractivity contribution in [2.24, 2.45) is 0 Å². The van der Waals surface area contributed by atoms with E-state index >= 15 is 0 Å². The van der Waals surface area contributed by atoms with Crippen LogP contribution in [0.2, 0.25) is 0 Å². The van der Waals surface area contributed by atoms with Crippen LogP contribution in [0.15, 0.2) is 24.3 Å². The van der Waals surface area contributed by atoms with Crippen LogP contribution in [0.4, 0.5) is 5.82 Å². The minimum atomic E-state index is 0.977. The summed E-state index contributed by atoms with van der Waals surface area (Å²) in [6.45, 7) is 7.35. The van der Waals surface area contributed by atoms with E-state index in [9.17, 15) is 0 Å². The maximum atomic E-state index is 4.64. The van der Waals surface area contributed by atoms with Crippen LogP contribution in [0.3, 0.4) is 0 Å². The number of hydrogen-bond acceptors (Lipinski definition) is 2. The lowest BCUT2D eigenvalue weighted by molar-refractivity contribution is 0.968. The second-order valence-electron chi connectivity index (χ2n) is 4.28. The Morgan fingerprint density at radius 1 is 1.19 bits per heavy atom. The fourth-order valence-corrected chi connectivity index (χ4v) is 1.82. The number of aromatic nitrogens is 1. The molecule has 0 unspecified atom stereocenters. The maximum absolute atomic E-state index is 4.64. The molecule has 0 radical (unpaired) electrons. The average molecular weight is 214 g/mol. The summed E-state index contributed by atoms with van der Waals surface area (Å²) in [6.07, 6.45) is 1.12. The van der Waals surface area contributed by atoms with Gasteiger partial charge in [-0.1, -0.05) is 18.6 Å². The third kappa shape index (κ3) is 2.16. The van der Waals surface area contributed by atoms with E-state index < -0.39 is 0 Å². The fourth-order valence-electron chi connectivity index (χ4n) is 1.82. The Labute approximate surface area is 96.7 Å². The van der Waals surface area contributed by atoms with Gasteiger partial charge in [0.15, 0.2) is 0 Å². The number of nitrogens with zero attached hydrogens (tertiary/aromatic N) is 1. The minimum absolute atomic E-state index is 0.977. The van der Waals surface area contributed by atoms with Gasteiger partial charge < -0.3 is 5.32 Å². The van der Waals surface area contributed by atoms with E-state index in [1.54, 1.807) is 0 Å². The van der Waals surface area contributed by atoms with Crippen LogP contribution in [0.25, 0.3) is 10.9 Å². The van der Waals surface area contributed by atoms with Gasteiger partial charge in [0.25, 0.3) is 0 Å². The van der Waals surface area contributed by atoms with E-state index in [0.717, 1.165) is 24.3 Å². The molecule has 1 aromatic carbocycles. The summed E-state index contributed by atoms with van der Waals surface area (Å²) in [5.41, 5.74) is 3.56. The Morgan fingerprint density at radius 3 is 2.75 bits per heavy atom. The van der Waals surface area contributed by atoms with Crippen molar-refractivity contribution >= 4 is 16.7 Å². The van der Waals surface area contributed by atoms with Crippen molar-refractivity contribution in [3.8, 4) is 0 Å². The Bertz CT molecular complexity index is 503. The molecule has 0 aliphatic rings. The minimum Gasteiger partial charge on any atom is -0.370 e. The van der Waals surface area contributed by atoms with Crippen molar-refractivity contribution in [2.45, 2.75) is 27.2 Å². The molecule has 84 valence electrons. The summed E-state index contributed by atoms with van der Waals surface area (Å²) in [5, 5.41) is 4.58. The quantitative estimate of drug-likeness (QED) is 0.843. The molecular formula is C14H18N2. The van der Waals surface area contributed by atoms with Gasteiger partial charge in [0.2, 0.25) is 0 Å². The lowest BCUT2D eigenvalue weighted by Gasteiger charge is -2.09. The van der Waals surface area contributed by atoms with Crippen LogP contribution in [0, 0.1) is 13.8 Å². The van der Waals surface area contributed by atoms with Gasteiger partial charge in [-0.3, -0.25) is 0 Å². The zero-order chi connectivity index (χ0) is 11.5. The zero-order valence-electron chi connectivity index (χ0n) is 10.2. The number of anilines is 1. The van der Waals surface area contributed by atoms with Gasteiger partial charge in [0, 0.05) is 11.9 Å². The highest BCUT2D eigenvalue weighted by molar-refractivity contribution is 5.82. The maximum Gasteiger partial charge on any atom is 0.129 e.